The summed E-state index contributed by atoms with van der Waals surface area (Å²) in [4.78, 5) is 2.87. The molecule has 0 heterocycles. The average molecular weight is 252 g/mol. The molecule has 0 bridgehead atoms. The Morgan fingerprint density at radius 1 is 1.11 bits per heavy atom. The molecule has 2 aliphatic carbocycles. The topological polar surface area (TPSA) is 15.3 Å². The third-order valence-corrected chi connectivity index (χ3v) is 5.09. The van der Waals surface area contributed by atoms with Crippen LogP contribution in [0.2, 0.25) is 0 Å². The largest absolute Gasteiger partial charge is 0.315 e. The van der Waals surface area contributed by atoms with Crippen LogP contribution in [0.1, 0.15) is 65.2 Å². The lowest BCUT2D eigenvalue weighted by Crippen LogP contribution is -2.53. The van der Waals surface area contributed by atoms with E-state index in [9.17, 15) is 0 Å². The van der Waals surface area contributed by atoms with Gasteiger partial charge in [0.05, 0.1) is 0 Å². The van der Waals surface area contributed by atoms with Crippen molar-refractivity contribution in [3.63, 3.8) is 0 Å². The molecule has 2 aliphatic rings. The van der Waals surface area contributed by atoms with Gasteiger partial charge in [0, 0.05) is 18.1 Å². The van der Waals surface area contributed by atoms with Crippen LogP contribution in [-0.4, -0.2) is 36.6 Å². The summed E-state index contributed by atoms with van der Waals surface area (Å²) in [6.45, 7) is 6.02. The van der Waals surface area contributed by atoms with Gasteiger partial charge < -0.3 is 5.32 Å². The highest BCUT2D eigenvalue weighted by Gasteiger charge is 2.39. The van der Waals surface area contributed by atoms with Gasteiger partial charge in [0.25, 0.3) is 0 Å². The van der Waals surface area contributed by atoms with Crippen LogP contribution in [-0.2, 0) is 0 Å². The van der Waals surface area contributed by atoms with Crippen LogP contribution >= 0.6 is 0 Å². The maximum absolute atomic E-state index is 3.60. The SMILES string of the molecule is CCCCN(C1CC1)C1CC(CC)CCC1NC. The van der Waals surface area contributed by atoms with Crippen molar-refractivity contribution in [3.8, 4) is 0 Å². The molecule has 3 atom stereocenters. The summed E-state index contributed by atoms with van der Waals surface area (Å²) in [6.07, 6.45) is 11.2. The molecule has 0 aromatic carbocycles. The number of hydrogen-bond acceptors (Lipinski definition) is 2. The molecule has 0 aromatic rings. The molecular formula is C16H32N2. The fourth-order valence-corrected chi connectivity index (χ4v) is 3.67. The predicted molar refractivity (Wildman–Crippen MR) is 78.9 cm³/mol. The molecule has 1 N–H and O–H groups in total. The van der Waals surface area contributed by atoms with E-state index in [0.717, 1.165) is 24.0 Å². The van der Waals surface area contributed by atoms with Crippen molar-refractivity contribution in [1.29, 1.82) is 0 Å². The van der Waals surface area contributed by atoms with E-state index < -0.39 is 0 Å². The van der Waals surface area contributed by atoms with Crippen LogP contribution in [0, 0.1) is 5.92 Å². The van der Waals surface area contributed by atoms with E-state index in [2.05, 4.69) is 31.1 Å². The van der Waals surface area contributed by atoms with Crippen molar-refractivity contribution < 1.29 is 0 Å². The third kappa shape index (κ3) is 3.48. The Kier molecular flexibility index (Phi) is 5.50. The zero-order valence-corrected chi connectivity index (χ0v) is 12.6. The molecule has 2 saturated carbocycles. The van der Waals surface area contributed by atoms with Crippen molar-refractivity contribution in [2.75, 3.05) is 13.6 Å². The highest BCUT2D eigenvalue weighted by atomic mass is 15.2. The first-order chi connectivity index (χ1) is 8.80. The van der Waals surface area contributed by atoms with Crippen molar-refractivity contribution in [3.05, 3.63) is 0 Å². The molecule has 0 saturated heterocycles. The number of nitrogens with one attached hydrogen (secondary N) is 1. The maximum Gasteiger partial charge on any atom is 0.0254 e. The van der Waals surface area contributed by atoms with Crippen LogP contribution in [0.25, 0.3) is 0 Å². The first-order valence-corrected chi connectivity index (χ1v) is 8.23. The highest BCUT2D eigenvalue weighted by molar-refractivity contribution is 4.96. The quantitative estimate of drug-likeness (QED) is 0.747. The van der Waals surface area contributed by atoms with Gasteiger partial charge in [-0.15, -0.1) is 0 Å². The van der Waals surface area contributed by atoms with Crippen molar-refractivity contribution >= 4 is 0 Å². The number of hydrogen-bond donors (Lipinski definition) is 1. The first kappa shape index (κ1) is 14.3. The molecule has 0 radical (unpaired) electrons. The lowest BCUT2D eigenvalue weighted by Gasteiger charge is -2.43. The molecule has 0 aliphatic heterocycles. The summed E-state index contributed by atoms with van der Waals surface area (Å²) in [5.41, 5.74) is 0. The average Bonchev–Trinajstić information content (AvgIpc) is 3.23. The molecule has 106 valence electrons. The van der Waals surface area contributed by atoms with Gasteiger partial charge in [-0.05, 0) is 58.0 Å². The van der Waals surface area contributed by atoms with Gasteiger partial charge in [-0.25, -0.2) is 0 Å². The van der Waals surface area contributed by atoms with Gasteiger partial charge in [0.1, 0.15) is 0 Å². The van der Waals surface area contributed by atoms with E-state index in [1.165, 1.54) is 57.9 Å². The minimum Gasteiger partial charge on any atom is -0.315 e. The van der Waals surface area contributed by atoms with Crippen LogP contribution in [0.4, 0.5) is 0 Å². The van der Waals surface area contributed by atoms with Gasteiger partial charge >= 0.3 is 0 Å². The number of likely N-dealkylation sites (N-methyl/N-ethyl adjacent to an activating group) is 1. The zero-order valence-electron chi connectivity index (χ0n) is 12.6. The lowest BCUT2D eigenvalue weighted by molar-refractivity contribution is 0.0900. The Balaban J connectivity index is 1.98. The fourth-order valence-electron chi connectivity index (χ4n) is 3.67. The van der Waals surface area contributed by atoms with Crippen LogP contribution in [0.3, 0.4) is 0 Å². The molecule has 0 amide bonds. The molecule has 2 rings (SSSR count). The second kappa shape index (κ2) is 6.91. The second-order valence-corrected chi connectivity index (χ2v) is 6.37. The van der Waals surface area contributed by atoms with E-state index in [1.54, 1.807) is 0 Å². The fraction of sp³-hybridized carbons (Fsp3) is 1.00. The minimum absolute atomic E-state index is 0.741. The van der Waals surface area contributed by atoms with E-state index >= 15 is 0 Å². The normalized spacial score (nSPS) is 33.0. The lowest BCUT2D eigenvalue weighted by atomic mass is 9.80. The van der Waals surface area contributed by atoms with Gasteiger partial charge in [-0.1, -0.05) is 26.7 Å². The minimum atomic E-state index is 0.741. The number of rotatable bonds is 7. The van der Waals surface area contributed by atoms with Gasteiger partial charge in [0.15, 0.2) is 0 Å². The Morgan fingerprint density at radius 2 is 1.89 bits per heavy atom. The molecule has 0 spiro atoms. The van der Waals surface area contributed by atoms with E-state index in [0.29, 0.717) is 0 Å². The number of unbranched alkanes of at least 4 members (excludes halogenated alkanes) is 1. The van der Waals surface area contributed by atoms with Crippen LogP contribution < -0.4 is 5.32 Å². The third-order valence-electron chi connectivity index (χ3n) is 5.09. The summed E-state index contributed by atoms with van der Waals surface area (Å²) in [6, 6.07) is 2.48. The van der Waals surface area contributed by atoms with E-state index in [1.807, 2.05) is 0 Å². The predicted octanol–water partition coefficient (Wildman–Crippen LogP) is 3.42. The summed E-state index contributed by atoms with van der Waals surface area (Å²) >= 11 is 0. The van der Waals surface area contributed by atoms with Crippen molar-refractivity contribution in [1.82, 2.24) is 10.2 Å². The van der Waals surface area contributed by atoms with Gasteiger partial charge in [-0.2, -0.15) is 0 Å². The van der Waals surface area contributed by atoms with Crippen LogP contribution in [0.5, 0.6) is 0 Å². The molecule has 0 aromatic heterocycles. The number of nitrogens with zero attached hydrogens (tertiary/aromatic N) is 1. The molecule has 3 unspecified atom stereocenters. The molecule has 2 heteroatoms. The van der Waals surface area contributed by atoms with Gasteiger partial charge in [-0.3, -0.25) is 4.90 Å². The Labute approximate surface area is 114 Å². The van der Waals surface area contributed by atoms with E-state index in [4.69, 9.17) is 0 Å². The molecule has 2 nitrogen and oxygen atoms in total. The van der Waals surface area contributed by atoms with Crippen molar-refractivity contribution in [2.45, 2.75) is 83.3 Å². The maximum atomic E-state index is 3.60. The zero-order chi connectivity index (χ0) is 13.0. The standard InChI is InChI=1S/C16H32N2/c1-4-6-11-18(14-8-9-14)16-12-13(5-2)7-10-15(16)17-3/h13-17H,4-12H2,1-3H3. The summed E-state index contributed by atoms with van der Waals surface area (Å²) in [5, 5.41) is 3.60. The first-order valence-electron chi connectivity index (χ1n) is 8.23. The summed E-state index contributed by atoms with van der Waals surface area (Å²) in [5.74, 6) is 0.975. The van der Waals surface area contributed by atoms with E-state index in [-0.39, 0.29) is 0 Å². The smallest absolute Gasteiger partial charge is 0.0254 e. The van der Waals surface area contributed by atoms with Gasteiger partial charge in [0.2, 0.25) is 0 Å². The second-order valence-electron chi connectivity index (χ2n) is 6.37. The van der Waals surface area contributed by atoms with Crippen LogP contribution in [0.15, 0.2) is 0 Å². The summed E-state index contributed by atoms with van der Waals surface area (Å²) < 4.78 is 0. The molecular weight excluding hydrogens is 220 g/mol. The van der Waals surface area contributed by atoms with Crippen molar-refractivity contribution in [2.24, 2.45) is 5.92 Å². The highest BCUT2D eigenvalue weighted by Crippen LogP contribution is 2.36. The summed E-state index contributed by atoms with van der Waals surface area (Å²) in [7, 11) is 2.16. The Hall–Kier alpha value is -0.0800. The Bertz CT molecular complexity index is 237. The monoisotopic (exact) mass is 252 g/mol. The Morgan fingerprint density at radius 3 is 2.44 bits per heavy atom. The molecule has 18 heavy (non-hydrogen) atoms. The molecule has 2 fully saturated rings.